The van der Waals surface area contributed by atoms with E-state index >= 15 is 0 Å². The van der Waals surface area contributed by atoms with Crippen LogP contribution in [0.2, 0.25) is 0 Å². The van der Waals surface area contributed by atoms with Crippen molar-refractivity contribution in [2.24, 2.45) is 5.73 Å². The first-order valence-electron chi connectivity index (χ1n) is 9.61. The predicted molar refractivity (Wildman–Crippen MR) is 108 cm³/mol. The molecule has 1 amide bonds. The summed E-state index contributed by atoms with van der Waals surface area (Å²) < 4.78 is 11.1. The van der Waals surface area contributed by atoms with E-state index in [1.807, 2.05) is 0 Å². The normalized spacial score (nSPS) is 25.8. The summed E-state index contributed by atoms with van der Waals surface area (Å²) in [5, 5.41) is 50.6. The molecule has 2 aromatic heterocycles. The van der Waals surface area contributed by atoms with Gasteiger partial charge in [-0.3, -0.25) is 9.59 Å². The second-order valence-corrected chi connectivity index (χ2v) is 7.45. The van der Waals surface area contributed by atoms with Crippen LogP contribution in [0, 0.1) is 0 Å². The summed E-state index contributed by atoms with van der Waals surface area (Å²) in [5.74, 6) is -1.93. The Balaban J connectivity index is 1.87. The van der Waals surface area contributed by atoms with Crippen LogP contribution in [0.25, 0.3) is 21.8 Å². The summed E-state index contributed by atoms with van der Waals surface area (Å²) in [6.45, 7) is 0.610. The topological polar surface area (TPSA) is 208 Å². The van der Waals surface area contributed by atoms with E-state index in [4.69, 9.17) is 15.2 Å². The van der Waals surface area contributed by atoms with E-state index in [2.05, 4.69) is 9.97 Å². The van der Waals surface area contributed by atoms with Gasteiger partial charge in [0.15, 0.2) is 17.2 Å². The van der Waals surface area contributed by atoms with Crippen molar-refractivity contribution in [2.75, 3.05) is 6.61 Å². The first-order chi connectivity index (χ1) is 15.1. The molecule has 8 N–H and O–H groups in total. The van der Waals surface area contributed by atoms with Crippen molar-refractivity contribution in [1.82, 2.24) is 9.97 Å². The van der Waals surface area contributed by atoms with Gasteiger partial charge in [-0.1, -0.05) is 12.1 Å². The monoisotopic (exact) mass is 447 g/mol. The first-order valence-corrected chi connectivity index (χ1v) is 9.61. The maximum Gasteiger partial charge on any atom is 0.271 e. The van der Waals surface area contributed by atoms with Crippen LogP contribution in [0.3, 0.4) is 0 Å². The van der Waals surface area contributed by atoms with Gasteiger partial charge in [-0.05, 0) is 6.07 Å². The van der Waals surface area contributed by atoms with Gasteiger partial charge in [0.2, 0.25) is 6.29 Å². The van der Waals surface area contributed by atoms with Crippen molar-refractivity contribution in [3.8, 4) is 11.5 Å². The molecule has 170 valence electrons. The fourth-order valence-electron chi connectivity index (χ4n) is 3.77. The van der Waals surface area contributed by atoms with Crippen molar-refractivity contribution in [2.45, 2.75) is 37.6 Å². The van der Waals surface area contributed by atoms with E-state index in [1.54, 1.807) is 12.1 Å². The number of ketones is 1. The Hall–Kier alpha value is -3.29. The van der Waals surface area contributed by atoms with Gasteiger partial charge in [-0.25, -0.2) is 4.98 Å². The standard InChI is InChI=1S/C20H21N3O9/c1-6(25)11-13-10(16(27)14(22-11)19(21)30)7-3-2-4-8(12(7)23-13)31-20-18(29)17(28)15(26)9(5-24)32-20/h2-4,9,15,17-18,20,23-24,26-29H,5H2,1H3,(H2,21,30)/t9-,15-,17+,18-,20-/m1/s1. The van der Waals surface area contributed by atoms with Gasteiger partial charge < -0.3 is 45.7 Å². The number of ether oxygens (including phenoxy) is 2. The van der Waals surface area contributed by atoms with Crippen molar-refractivity contribution >= 4 is 33.5 Å². The number of hydrogen-bond acceptors (Lipinski definition) is 10. The highest BCUT2D eigenvalue weighted by atomic mass is 16.7. The number of carbonyl (C=O) groups excluding carboxylic acids is 2. The third-order valence-electron chi connectivity index (χ3n) is 5.38. The Labute approximate surface area is 179 Å². The van der Waals surface area contributed by atoms with Crippen LogP contribution < -0.4 is 10.5 Å². The number of amides is 1. The van der Waals surface area contributed by atoms with Crippen molar-refractivity contribution in [3.05, 3.63) is 29.6 Å². The number of fused-ring (bicyclic) bond motifs is 3. The Kier molecular flexibility index (Phi) is 5.48. The third-order valence-corrected chi connectivity index (χ3v) is 5.38. The molecule has 1 aliphatic heterocycles. The van der Waals surface area contributed by atoms with Gasteiger partial charge in [-0.15, -0.1) is 0 Å². The van der Waals surface area contributed by atoms with Gasteiger partial charge >= 0.3 is 0 Å². The predicted octanol–water partition coefficient (Wildman–Crippen LogP) is -1.10. The lowest BCUT2D eigenvalue weighted by Crippen LogP contribution is -2.60. The Morgan fingerprint density at radius 2 is 1.88 bits per heavy atom. The molecular formula is C20H21N3O9. The third kappa shape index (κ3) is 3.34. The number of nitrogens with zero attached hydrogens (tertiary/aromatic N) is 1. The highest BCUT2D eigenvalue weighted by Crippen LogP contribution is 2.39. The average Bonchev–Trinajstić information content (AvgIpc) is 3.15. The maximum absolute atomic E-state index is 12.1. The molecule has 12 nitrogen and oxygen atoms in total. The highest BCUT2D eigenvalue weighted by molar-refractivity contribution is 6.19. The van der Waals surface area contributed by atoms with E-state index in [1.165, 1.54) is 13.0 Å². The lowest BCUT2D eigenvalue weighted by atomic mass is 9.99. The molecule has 0 radical (unpaired) electrons. The number of benzene rings is 1. The number of carbonyl (C=O) groups is 2. The molecule has 3 aromatic rings. The smallest absolute Gasteiger partial charge is 0.271 e. The van der Waals surface area contributed by atoms with E-state index < -0.39 is 60.4 Å². The van der Waals surface area contributed by atoms with E-state index in [9.17, 15) is 35.1 Å². The molecule has 1 fully saturated rings. The number of aromatic amines is 1. The molecule has 1 aromatic carbocycles. The number of H-pyrrole nitrogens is 1. The minimum Gasteiger partial charge on any atom is -0.505 e. The van der Waals surface area contributed by atoms with Crippen molar-refractivity contribution < 1.29 is 44.6 Å². The molecular weight excluding hydrogens is 426 g/mol. The number of aromatic hydroxyl groups is 1. The Morgan fingerprint density at radius 3 is 2.50 bits per heavy atom. The summed E-state index contributed by atoms with van der Waals surface area (Å²) >= 11 is 0. The zero-order valence-electron chi connectivity index (χ0n) is 16.7. The van der Waals surface area contributed by atoms with Gasteiger partial charge in [-0.2, -0.15) is 0 Å². The van der Waals surface area contributed by atoms with Crippen LogP contribution in [0.15, 0.2) is 18.2 Å². The maximum atomic E-state index is 12.1. The molecule has 1 saturated heterocycles. The molecule has 32 heavy (non-hydrogen) atoms. The number of nitrogens with one attached hydrogen (secondary N) is 1. The van der Waals surface area contributed by atoms with Crippen molar-refractivity contribution in [1.29, 1.82) is 0 Å². The Morgan fingerprint density at radius 1 is 1.16 bits per heavy atom. The average molecular weight is 447 g/mol. The van der Waals surface area contributed by atoms with E-state index in [0.717, 1.165) is 0 Å². The number of Topliss-reactive ketones (excluding diaryl/α,β-unsaturated/α-hetero) is 1. The quantitative estimate of drug-likeness (QED) is 0.235. The van der Waals surface area contributed by atoms with Crippen LogP contribution in [-0.2, 0) is 4.74 Å². The van der Waals surface area contributed by atoms with Gasteiger partial charge in [0.05, 0.1) is 23.0 Å². The fourth-order valence-corrected chi connectivity index (χ4v) is 3.77. The first kappa shape index (κ1) is 21.9. The number of nitrogens with two attached hydrogens (primary N) is 1. The minimum absolute atomic E-state index is 0.0950. The van der Waals surface area contributed by atoms with Crippen LogP contribution >= 0.6 is 0 Å². The van der Waals surface area contributed by atoms with Gasteiger partial charge in [0.25, 0.3) is 5.91 Å². The summed E-state index contributed by atoms with van der Waals surface area (Å²) in [5.41, 5.74) is 5.10. The zero-order chi connectivity index (χ0) is 23.3. The number of para-hydroxylation sites is 1. The fraction of sp³-hybridized carbons (Fsp3) is 0.350. The summed E-state index contributed by atoms with van der Waals surface area (Å²) in [6.07, 6.45) is -7.45. The molecule has 0 unspecified atom stereocenters. The Bertz CT molecular complexity index is 1220. The highest BCUT2D eigenvalue weighted by Gasteiger charge is 2.45. The molecule has 4 rings (SSSR count). The second-order valence-electron chi connectivity index (χ2n) is 7.45. The molecule has 3 heterocycles. The summed E-state index contributed by atoms with van der Waals surface area (Å²) in [7, 11) is 0. The number of aliphatic hydroxyl groups is 4. The molecule has 0 saturated carbocycles. The van der Waals surface area contributed by atoms with Gasteiger partial charge in [0, 0.05) is 12.3 Å². The lowest BCUT2D eigenvalue weighted by Gasteiger charge is -2.39. The number of aromatic nitrogens is 2. The van der Waals surface area contributed by atoms with E-state index in [0.29, 0.717) is 5.39 Å². The molecule has 0 aliphatic carbocycles. The summed E-state index contributed by atoms with van der Waals surface area (Å²) in [4.78, 5) is 30.7. The van der Waals surface area contributed by atoms with Crippen molar-refractivity contribution in [3.63, 3.8) is 0 Å². The van der Waals surface area contributed by atoms with E-state index in [-0.39, 0.29) is 27.9 Å². The van der Waals surface area contributed by atoms with Crippen LogP contribution in [0.1, 0.15) is 27.9 Å². The van der Waals surface area contributed by atoms with Crippen LogP contribution in [0.4, 0.5) is 0 Å². The summed E-state index contributed by atoms with van der Waals surface area (Å²) in [6, 6.07) is 4.63. The SMILES string of the molecule is CC(=O)c1nc(C(N)=O)c(O)c2c1[nH]c1c(O[C@@H]3O[C@H](CO)[C@@H](O)[C@H](O)[C@H]3O)cccc12. The molecule has 0 spiro atoms. The minimum atomic E-state index is -1.64. The number of hydrogen-bond donors (Lipinski definition) is 7. The largest absolute Gasteiger partial charge is 0.505 e. The van der Waals surface area contributed by atoms with Crippen LogP contribution in [0.5, 0.6) is 11.5 Å². The number of rotatable bonds is 5. The number of primary amides is 1. The molecule has 0 bridgehead atoms. The lowest BCUT2D eigenvalue weighted by molar-refractivity contribution is -0.277. The molecule has 1 aliphatic rings. The van der Waals surface area contributed by atoms with Gasteiger partial charge in [0.1, 0.15) is 35.9 Å². The second kappa shape index (κ2) is 8.00. The molecule has 5 atom stereocenters. The number of pyridine rings is 1. The zero-order valence-corrected chi connectivity index (χ0v) is 16.7. The van der Waals surface area contributed by atoms with Crippen LogP contribution in [-0.4, -0.2) is 84.5 Å². The molecule has 12 heteroatoms. The number of aliphatic hydroxyl groups excluding tert-OH is 4.